The highest BCUT2D eigenvalue weighted by Crippen LogP contribution is 2.23. The van der Waals surface area contributed by atoms with E-state index in [4.69, 9.17) is 9.47 Å². The highest BCUT2D eigenvalue weighted by atomic mass is 16.5. The van der Waals surface area contributed by atoms with Crippen molar-refractivity contribution < 1.29 is 14.3 Å². The summed E-state index contributed by atoms with van der Waals surface area (Å²) in [5, 5.41) is 12.6. The van der Waals surface area contributed by atoms with Gasteiger partial charge in [0.05, 0.1) is 25.9 Å². The number of nitrogens with zero attached hydrogens (tertiary/aromatic N) is 2. The molecule has 1 amide bonds. The Morgan fingerprint density at radius 1 is 1.09 bits per heavy atom. The first kappa shape index (κ1) is 26.0. The van der Waals surface area contributed by atoms with Crippen molar-refractivity contribution in [1.29, 1.82) is 5.26 Å². The average Bonchev–Trinajstić information content (AvgIpc) is 3.15. The second-order valence-electron chi connectivity index (χ2n) is 8.60. The van der Waals surface area contributed by atoms with Crippen LogP contribution in [0.2, 0.25) is 0 Å². The molecule has 1 atom stereocenters. The summed E-state index contributed by atoms with van der Waals surface area (Å²) in [6, 6.07) is 22.0. The van der Waals surface area contributed by atoms with Gasteiger partial charge in [-0.1, -0.05) is 54.6 Å². The van der Waals surface area contributed by atoms with Crippen molar-refractivity contribution in [1.82, 2.24) is 9.88 Å². The van der Waals surface area contributed by atoms with E-state index < -0.39 is 5.91 Å². The van der Waals surface area contributed by atoms with Gasteiger partial charge in [-0.25, -0.2) is 0 Å². The molecule has 0 bridgehead atoms. The van der Waals surface area contributed by atoms with Gasteiger partial charge in [-0.2, -0.15) is 5.26 Å². The Hall–Kier alpha value is -3.66. The average molecular weight is 472 g/mol. The smallest absolute Gasteiger partial charge is 0.262 e. The van der Waals surface area contributed by atoms with Crippen LogP contribution in [0.1, 0.15) is 46.6 Å². The van der Waals surface area contributed by atoms with Gasteiger partial charge in [0.15, 0.2) is 0 Å². The maximum absolute atomic E-state index is 12.8. The molecule has 0 saturated carbocycles. The third kappa shape index (κ3) is 6.92. The Morgan fingerprint density at radius 3 is 2.46 bits per heavy atom. The Bertz CT molecular complexity index is 1210. The van der Waals surface area contributed by atoms with Gasteiger partial charge < -0.3 is 19.4 Å². The van der Waals surface area contributed by atoms with Crippen molar-refractivity contribution in [3.63, 3.8) is 0 Å². The van der Waals surface area contributed by atoms with Gasteiger partial charge in [-0.3, -0.25) is 4.79 Å². The van der Waals surface area contributed by atoms with Crippen LogP contribution in [0.4, 0.5) is 0 Å². The molecular formula is C29H33N3O3. The van der Waals surface area contributed by atoms with Gasteiger partial charge in [-0.05, 0) is 55.2 Å². The van der Waals surface area contributed by atoms with Crippen LogP contribution in [0, 0.1) is 25.2 Å². The lowest BCUT2D eigenvalue weighted by Crippen LogP contribution is -2.24. The number of benzene rings is 2. The zero-order valence-corrected chi connectivity index (χ0v) is 20.9. The number of carbonyl (C=O) groups excluding carboxylic acids is 1. The van der Waals surface area contributed by atoms with Gasteiger partial charge in [-0.15, -0.1) is 0 Å². The van der Waals surface area contributed by atoms with Crippen molar-refractivity contribution >= 4 is 12.0 Å². The predicted molar refractivity (Wildman–Crippen MR) is 137 cm³/mol. The third-order valence-corrected chi connectivity index (χ3v) is 5.96. The molecule has 1 N–H and O–H groups in total. The lowest BCUT2D eigenvalue weighted by atomic mass is 10.1. The van der Waals surface area contributed by atoms with Crippen molar-refractivity contribution in [3.05, 3.63) is 99.9 Å². The number of rotatable bonds is 11. The monoisotopic (exact) mass is 471 g/mol. The first-order chi connectivity index (χ1) is 16.9. The Kier molecular flexibility index (Phi) is 9.42. The number of aromatic nitrogens is 1. The number of methoxy groups -OCH3 is 1. The fraction of sp³-hybridized carbons (Fsp3) is 0.310. The summed E-state index contributed by atoms with van der Waals surface area (Å²) >= 11 is 0. The molecule has 0 radical (unpaired) electrons. The Labute approximate surface area is 207 Å². The largest absolute Gasteiger partial charge is 0.383 e. The van der Waals surface area contributed by atoms with Crippen LogP contribution in [-0.4, -0.2) is 24.2 Å². The van der Waals surface area contributed by atoms with Crippen molar-refractivity contribution in [2.75, 3.05) is 13.7 Å². The minimum absolute atomic E-state index is 0.0717. The van der Waals surface area contributed by atoms with Gasteiger partial charge in [0.1, 0.15) is 11.6 Å². The van der Waals surface area contributed by atoms with Crippen molar-refractivity contribution in [3.8, 4) is 6.07 Å². The number of hydrogen-bond donors (Lipinski definition) is 1. The third-order valence-electron chi connectivity index (χ3n) is 5.96. The Balaban J connectivity index is 1.66. The molecule has 0 saturated heterocycles. The lowest BCUT2D eigenvalue weighted by molar-refractivity contribution is -0.117. The molecular weight excluding hydrogens is 438 g/mol. The normalized spacial score (nSPS) is 12.3. The lowest BCUT2D eigenvalue weighted by Gasteiger charge is -2.17. The highest BCUT2D eigenvalue weighted by Gasteiger charge is 2.16. The molecule has 1 aromatic heterocycles. The van der Waals surface area contributed by atoms with Gasteiger partial charge in [0.2, 0.25) is 0 Å². The fourth-order valence-corrected chi connectivity index (χ4v) is 4.24. The van der Waals surface area contributed by atoms with E-state index in [9.17, 15) is 10.1 Å². The number of carbonyl (C=O) groups is 1. The van der Waals surface area contributed by atoms with E-state index in [0.717, 1.165) is 33.6 Å². The molecule has 1 heterocycles. The minimum Gasteiger partial charge on any atom is -0.383 e. The molecule has 3 rings (SSSR count). The van der Waals surface area contributed by atoms with Crippen LogP contribution in [0.3, 0.4) is 0 Å². The van der Waals surface area contributed by atoms with Crippen LogP contribution in [0.25, 0.3) is 6.08 Å². The zero-order chi connectivity index (χ0) is 25.2. The van der Waals surface area contributed by atoms with Gasteiger partial charge in [0.25, 0.3) is 5.91 Å². The summed E-state index contributed by atoms with van der Waals surface area (Å²) in [5.74, 6) is -0.401. The second kappa shape index (κ2) is 12.7. The number of nitriles is 1. The van der Waals surface area contributed by atoms with Crippen LogP contribution < -0.4 is 5.32 Å². The molecule has 0 aliphatic rings. The quantitative estimate of drug-likeness (QED) is 0.306. The maximum Gasteiger partial charge on any atom is 0.262 e. The summed E-state index contributed by atoms with van der Waals surface area (Å²) in [6.07, 6.45) is 1.66. The number of aryl methyl sites for hydroxylation is 1. The summed E-state index contributed by atoms with van der Waals surface area (Å²) in [5.41, 5.74) is 6.04. The molecule has 6 nitrogen and oxygen atoms in total. The van der Waals surface area contributed by atoms with E-state index in [0.29, 0.717) is 26.4 Å². The van der Waals surface area contributed by atoms with Crippen molar-refractivity contribution in [2.45, 2.75) is 46.6 Å². The predicted octanol–water partition coefficient (Wildman–Crippen LogP) is 5.25. The number of amides is 1. The van der Waals surface area contributed by atoms with Crippen LogP contribution >= 0.6 is 0 Å². The molecule has 0 aliphatic heterocycles. The minimum atomic E-state index is -0.401. The zero-order valence-electron chi connectivity index (χ0n) is 20.9. The summed E-state index contributed by atoms with van der Waals surface area (Å²) < 4.78 is 13.3. The number of hydrogen-bond acceptors (Lipinski definition) is 4. The van der Waals surface area contributed by atoms with E-state index in [1.54, 1.807) is 13.2 Å². The standard InChI is InChI=1S/C29H33N3O3/c1-21-14-27(23(3)32(21)22(2)18-34-4)15-28(16-30)29(33)31-17-25-12-8-9-13-26(25)20-35-19-24-10-6-5-7-11-24/h5-15,22H,17-20H2,1-4H3,(H,31,33)/b28-15-. The molecule has 0 spiro atoms. The SMILES string of the molecule is COCC(C)n1c(C)cc(/C=C(/C#N)C(=O)NCc2ccccc2COCc2ccccc2)c1C. The fourth-order valence-electron chi connectivity index (χ4n) is 4.24. The van der Waals surface area contributed by atoms with Gasteiger partial charge in [0, 0.05) is 25.0 Å². The van der Waals surface area contributed by atoms with Gasteiger partial charge >= 0.3 is 0 Å². The number of ether oxygens (including phenoxy) is 2. The van der Waals surface area contributed by atoms with E-state index in [1.165, 1.54) is 0 Å². The topological polar surface area (TPSA) is 76.3 Å². The molecule has 3 aromatic rings. The summed E-state index contributed by atoms with van der Waals surface area (Å²) in [7, 11) is 1.68. The van der Waals surface area contributed by atoms with E-state index >= 15 is 0 Å². The first-order valence-corrected chi connectivity index (χ1v) is 11.7. The number of nitrogens with one attached hydrogen (secondary N) is 1. The molecule has 1 unspecified atom stereocenters. The molecule has 0 fully saturated rings. The van der Waals surface area contributed by atoms with E-state index in [-0.39, 0.29) is 11.6 Å². The van der Waals surface area contributed by atoms with Crippen LogP contribution in [0.5, 0.6) is 0 Å². The highest BCUT2D eigenvalue weighted by molar-refractivity contribution is 6.01. The molecule has 2 aromatic carbocycles. The molecule has 0 aliphatic carbocycles. The summed E-state index contributed by atoms with van der Waals surface area (Å²) in [6.45, 7) is 7.93. The summed E-state index contributed by atoms with van der Waals surface area (Å²) in [4.78, 5) is 12.8. The van der Waals surface area contributed by atoms with E-state index in [2.05, 4.69) is 22.9 Å². The first-order valence-electron chi connectivity index (χ1n) is 11.7. The van der Waals surface area contributed by atoms with Crippen molar-refractivity contribution in [2.24, 2.45) is 0 Å². The van der Waals surface area contributed by atoms with Crippen LogP contribution in [-0.2, 0) is 34.0 Å². The molecule has 35 heavy (non-hydrogen) atoms. The molecule has 182 valence electrons. The maximum atomic E-state index is 12.8. The Morgan fingerprint density at radius 2 is 1.77 bits per heavy atom. The molecule has 6 heteroatoms. The van der Waals surface area contributed by atoms with E-state index in [1.807, 2.05) is 74.5 Å². The second-order valence-corrected chi connectivity index (χ2v) is 8.60. The van der Waals surface area contributed by atoms with Crippen LogP contribution in [0.15, 0.2) is 66.2 Å².